The van der Waals surface area contributed by atoms with E-state index < -0.39 is 0 Å². The second-order valence-electron chi connectivity index (χ2n) is 13.0. The number of nitrogens with zero attached hydrogens (tertiary/aromatic N) is 3. The molecule has 9 aromatic rings. The number of fused-ring (bicyclic) bond motifs is 2. The molecule has 0 saturated heterocycles. The van der Waals surface area contributed by atoms with Crippen LogP contribution in [0, 0.1) is 18.4 Å². The largest absolute Gasteiger partial charge is 0.332 e. The molecule has 0 spiro atoms. The van der Waals surface area contributed by atoms with Gasteiger partial charge >= 0.3 is 0 Å². The Hall–Kier alpha value is -5.71. The molecule has 0 aliphatic heterocycles. The van der Waals surface area contributed by atoms with Gasteiger partial charge in [-0.15, -0.1) is 41.3 Å². The van der Waals surface area contributed by atoms with E-state index in [1.54, 1.807) is 17.5 Å². The van der Waals surface area contributed by atoms with Crippen molar-refractivity contribution >= 4 is 38.0 Å². The van der Waals surface area contributed by atoms with Crippen molar-refractivity contribution in [1.29, 1.82) is 0 Å². The van der Waals surface area contributed by atoms with Crippen LogP contribution in [-0.4, -0.2) is 14.5 Å². The number of allylic oxidation sites excluding steroid dienone is 2. The van der Waals surface area contributed by atoms with Crippen LogP contribution in [0.5, 0.6) is 0 Å². The number of pyridine rings is 1. The van der Waals surface area contributed by atoms with Gasteiger partial charge in [-0.05, 0) is 84.6 Å². The Kier molecular flexibility index (Phi) is 11.2. The number of benzene rings is 6. The number of aryl methyl sites for hydroxylation is 1. The molecule has 3 heterocycles. The zero-order chi connectivity index (χ0) is 36.1. The Bertz CT molecular complexity index is 2580. The van der Waals surface area contributed by atoms with E-state index >= 15 is 0 Å². The van der Waals surface area contributed by atoms with Gasteiger partial charge in [0.2, 0.25) is 0 Å². The van der Waals surface area contributed by atoms with Crippen molar-refractivity contribution in [1.82, 2.24) is 14.5 Å². The van der Waals surface area contributed by atoms with E-state index in [1.165, 1.54) is 49.0 Å². The molecule has 0 fully saturated rings. The van der Waals surface area contributed by atoms with Crippen LogP contribution in [0.3, 0.4) is 0 Å². The monoisotopic (exact) mass is 892 g/mol. The van der Waals surface area contributed by atoms with E-state index in [2.05, 4.69) is 163 Å². The maximum atomic E-state index is 5.29. The summed E-state index contributed by atoms with van der Waals surface area (Å²) in [5, 5.41) is 4.83. The third-order valence-electron chi connectivity index (χ3n) is 9.48. The summed E-state index contributed by atoms with van der Waals surface area (Å²) >= 11 is 1.66. The predicted octanol–water partition coefficient (Wildman–Crippen LogP) is 13.3. The number of imidazole rings is 1. The van der Waals surface area contributed by atoms with Gasteiger partial charge in [-0.1, -0.05) is 125 Å². The van der Waals surface area contributed by atoms with Crippen molar-refractivity contribution in [2.45, 2.75) is 20.8 Å². The molecular weight excluding hydrogens is 855 g/mol. The zero-order valence-electron chi connectivity index (χ0n) is 30.2. The van der Waals surface area contributed by atoms with Gasteiger partial charge in [0.15, 0.2) is 0 Å². The van der Waals surface area contributed by atoms with Gasteiger partial charge in [0.1, 0.15) is 0 Å². The second-order valence-corrected chi connectivity index (χ2v) is 13.8. The summed E-state index contributed by atoms with van der Waals surface area (Å²) < 4.78 is 3.58. The maximum absolute atomic E-state index is 5.29. The van der Waals surface area contributed by atoms with Gasteiger partial charge in [-0.3, -0.25) is 16.3 Å². The number of hydrogen-bond donors (Lipinski definition) is 0. The van der Waals surface area contributed by atoms with Gasteiger partial charge in [0.05, 0.1) is 22.5 Å². The molecule has 5 heteroatoms. The smallest absolute Gasteiger partial charge is 0.0774 e. The van der Waals surface area contributed by atoms with Crippen molar-refractivity contribution in [3.05, 3.63) is 193 Å². The van der Waals surface area contributed by atoms with Gasteiger partial charge in [-0.2, -0.15) is 0 Å². The van der Waals surface area contributed by atoms with Crippen molar-refractivity contribution < 1.29 is 20.1 Å². The first-order valence-electron chi connectivity index (χ1n) is 17.8. The quantitative estimate of drug-likeness (QED) is 0.156. The molecule has 0 N–H and O–H groups in total. The molecular formula is C49H37IrN3S-2. The predicted molar refractivity (Wildman–Crippen MR) is 224 cm³/mol. The second kappa shape index (κ2) is 16.5. The first-order valence-corrected chi connectivity index (χ1v) is 18.6. The van der Waals surface area contributed by atoms with Crippen LogP contribution in [0.25, 0.3) is 77.3 Å². The van der Waals surface area contributed by atoms with E-state index in [9.17, 15) is 0 Å². The maximum Gasteiger partial charge on any atom is 0.0774 e. The van der Waals surface area contributed by atoms with E-state index in [1.807, 2.05) is 42.5 Å². The zero-order valence-corrected chi connectivity index (χ0v) is 33.5. The molecule has 0 saturated carbocycles. The van der Waals surface area contributed by atoms with Crippen molar-refractivity contribution in [3.8, 4) is 50.6 Å². The topological polar surface area (TPSA) is 30.7 Å². The summed E-state index contributed by atoms with van der Waals surface area (Å²) in [4.78, 5) is 9.51. The Morgan fingerprint density at radius 1 is 0.722 bits per heavy atom. The number of aromatic nitrogens is 3. The third kappa shape index (κ3) is 7.40. The van der Waals surface area contributed by atoms with Crippen molar-refractivity contribution in [3.63, 3.8) is 0 Å². The Morgan fingerprint density at radius 2 is 1.39 bits per heavy atom. The fraction of sp³-hybridized carbons (Fsp3) is 0.0612. The van der Waals surface area contributed by atoms with Crippen LogP contribution in [-0.2, 0) is 20.1 Å². The summed E-state index contributed by atoms with van der Waals surface area (Å²) in [7, 11) is 0. The normalized spacial score (nSPS) is 11.2. The molecule has 1 radical (unpaired) electrons. The molecule has 0 aliphatic rings. The molecule has 3 nitrogen and oxygen atoms in total. The van der Waals surface area contributed by atoms with Gasteiger partial charge < -0.3 is 9.55 Å². The van der Waals surface area contributed by atoms with Gasteiger partial charge in [0.25, 0.3) is 0 Å². The molecule has 9 rings (SSSR count). The van der Waals surface area contributed by atoms with Crippen LogP contribution >= 0.6 is 11.3 Å². The van der Waals surface area contributed by atoms with E-state index in [0.717, 1.165) is 39.4 Å². The number of thiophene rings is 1. The fourth-order valence-corrected chi connectivity index (χ4v) is 7.56. The molecule has 0 atom stereocenters. The Balaban J connectivity index is 0.000000294. The molecule has 6 aromatic carbocycles. The minimum Gasteiger partial charge on any atom is -0.332 e. The summed E-state index contributed by atoms with van der Waals surface area (Å²) in [5.41, 5.74) is 14.6. The summed E-state index contributed by atoms with van der Waals surface area (Å²) in [5.74, 6) is 0.908. The standard InChI is InChI=1S/C38H29N2S.C11H8N.Ir/c1-4-26(3)29-19-20-36-32(23-29)33(24-41-36)38-39-34-17-11-12-18-35(34)40(38)37-30(27-13-7-5-8-14-27)21-25(2)22-31(37)28-15-9-6-10-16-28;1-2-6-10(7-3-1)11-8-4-5-9-12-11;/h4-23H,1-3H3;1-6,8-9H;/q2*-1;/b26-4-;;. The molecule has 265 valence electrons. The molecule has 0 aliphatic carbocycles. The summed E-state index contributed by atoms with van der Waals surface area (Å²) in [6.45, 7) is 6.44. The summed E-state index contributed by atoms with van der Waals surface area (Å²) in [6.07, 6.45) is 3.95. The number of para-hydroxylation sites is 2. The Morgan fingerprint density at radius 3 is 2.04 bits per heavy atom. The van der Waals surface area contributed by atoms with E-state index in [-0.39, 0.29) is 20.1 Å². The van der Waals surface area contributed by atoms with E-state index in [4.69, 9.17) is 4.98 Å². The molecule has 0 bridgehead atoms. The van der Waals surface area contributed by atoms with Gasteiger partial charge in [-0.25, -0.2) is 0 Å². The van der Waals surface area contributed by atoms with Crippen LogP contribution in [0.15, 0.2) is 170 Å². The molecule has 3 aromatic heterocycles. The third-order valence-corrected chi connectivity index (χ3v) is 10.4. The van der Waals surface area contributed by atoms with Crippen molar-refractivity contribution in [2.24, 2.45) is 0 Å². The minimum atomic E-state index is 0. The van der Waals surface area contributed by atoms with Crippen LogP contribution in [0.4, 0.5) is 0 Å². The SMILES string of the molecule is C/C=C(/C)c1ccc2s[c-]c(-c3nc4ccccc4n3-c3c(-c4ccccc4)cc(C)cc3-c3ccccc3)c2c1.[Ir].[c-]1ccccc1-c1ccccn1. The van der Waals surface area contributed by atoms with Gasteiger partial charge in [0, 0.05) is 37.4 Å². The van der Waals surface area contributed by atoms with Crippen LogP contribution in [0.2, 0.25) is 0 Å². The van der Waals surface area contributed by atoms with E-state index in [0.29, 0.717) is 0 Å². The first-order chi connectivity index (χ1) is 26.1. The molecule has 54 heavy (non-hydrogen) atoms. The fourth-order valence-electron chi connectivity index (χ4n) is 6.74. The minimum absolute atomic E-state index is 0. The summed E-state index contributed by atoms with van der Waals surface area (Å²) in [6, 6.07) is 58.0. The molecule has 0 unspecified atom stereocenters. The first kappa shape index (κ1) is 36.6. The number of rotatable bonds is 6. The average Bonchev–Trinajstić information content (AvgIpc) is 3.83. The Labute approximate surface area is 334 Å². The van der Waals surface area contributed by atoms with Crippen LogP contribution in [0.1, 0.15) is 25.0 Å². The number of hydrogen-bond acceptors (Lipinski definition) is 3. The van der Waals surface area contributed by atoms with Crippen molar-refractivity contribution in [2.75, 3.05) is 0 Å². The average molecular weight is 892 g/mol. The molecule has 0 amide bonds. The van der Waals surface area contributed by atoms with Crippen LogP contribution < -0.4 is 0 Å².